The normalized spacial score (nSPS) is 21.5. The Kier molecular flexibility index (Phi) is 7.05. The summed E-state index contributed by atoms with van der Waals surface area (Å²) in [4.78, 5) is 20.2. The number of ether oxygens (including phenoxy) is 3. The van der Waals surface area contributed by atoms with Crippen molar-refractivity contribution >= 4 is 27.1 Å². The van der Waals surface area contributed by atoms with Gasteiger partial charge in [-0.2, -0.15) is 13.2 Å². The van der Waals surface area contributed by atoms with Crippen molar-refractivity contribution < 1.29 is 40.6 Å². The van der Waals surface area contributed by atoms with E-state index in [2.05, 4.69) is 4.98 Å². The Hall–Kier alpha value is -3.22. The van der Waals surface area contributed by atoms with Crippen molar-refractivity contribution in [2.24, 2.45) is 5.92 Å². The van der Waals surface area contributed by atoms with Crippen molar-refractivity contribution in [2.45, 2.75) is 31.5 Å². The minimum Gasteiger partial charge on any atom is -0.490 e. The first kappa shape index (κ1) is 26.4. The largest absolute Gasteiger partial charge is 0.490 e. The molecule has 0 saturated carbocycles. The molecule has 1 aromatic carbocycles. The molecule has 0 bridgehead atoms. The zero-order valence-electron chi connectivity index (χ0n) is 20.7. The third kappa shape index (κ3) is 5.47. The van der Waals surface area contributed by atoms with Gasteiger partial charge in [-0.25, -0.2) is 13.4 Å². The number of alkyl halides is 3. The average molecular weight is 556 g/mol. The number of likely N-dealkylation sites (tertiary alicyclic amines) is 1. The highest BCUT2D eigenvalue weighted by Crippen LogP contribution is 2.42. The summed E-state index contributed by atoms with van der Waals surface area (Å²) in [5, 5.41) is 0. The van der Waals surface area contributed by atoms with Gasteiger partial charge in [0.15, 0.2) is 0 Å². The van der Waals surface area contributed by atoms with E-state index in [1.54, 1.807) is 28.0 Å². The molecule has 1 aromatic heterocycles. The van der Waals surface area contributed by atoms with Crippen LogP contribution in [-0.4, -0.2) is 75.2 Å². The third-order valence-electron chi connectivity index (χ3n) is 7.10. The lowest BCUT2D eigenvalue weighted by Crippen LogP contribution is -2.39. The molecule has 2 saturated heterocycles. The van der Waals surface area contributed by atoms with Gasteiger partial charge in [0, 0.05) is 24.9 Å². The number of carbonyl (C=O) groups excluding carboxylic acids is 1. The molecule has 2 fully saturated rings. The van der Waals surface area contributed by atoms with E-state index in [0.717, 1.165) is 13.2 Å². The van der Waals surface area contributed by atoms with Crippen LogP contribution in [0.1, 0.15) is 24.8 Å². The number of amides is 1. The molecule has 0 radical (unpaired) electrons. The number of pyridine rings is 1. The van der Waals surface area contributed by atoms with Gasteiger partial charge in [0.2, 0.25) is 11.8 Å². The first-order valence-corrected chi connectivity index (χ1v) is 14.2. The maximum atomic E-state index is 13.6. The molecule has 38 heavy (non-hydrogen) atoms. The fourth-order valence-electron chi connectivity index (χ4n) is 5.11. The highest BCUT2D eigenvalue weighted by molar-refractivity contribution is 7.91. The van der Waals surface area contributed by atoms with Crippen LogP contribution in [0.15, 0.2) is 30.5 Å². The number of aromatic nitrogens is 1. The smallest absolute Gasteiger partial charge is 0.421 e. The van der Waals surface area contributed by atoms with E-state index >= 15 is 0 Å². The van der Waals surface area contributed by atoms with Crippen molar-refractivity contribution in [3.05, 3.63) is 36.0 Å². The molecule has 206 valence electrons. The molecule has 4 heterocycles. The summed E-state index contributed by atoms with van der Waals surface area (Å²) >= 11 is 0. The van der Waals surface area contributed by atoms with Gasteiger partial charge < -0.3 is 24.0 Å². The van der Waals surface area contributed by atoms with Gasteiger partial charge in [-0.15, -0.1) is 0 Å². The zero-order valence-corrected chi connectivity index (χ0v) is 21.6. The summed E-state index contributed by atoms with van der Waals surface area (Å²) in [5.41, 5.74) is -0.181. The van der Waals surface area contributed by atoms with E-state index in [1.165, 1.54) is 6.20 Å². The molecule has 9 nitrogen and oxygen atoms in total. The molecule has 3 aliphatic rings. The lowest BCUT2D eigenvalue weighted by atomic mass is 10.0. The van der Waals surface area contributed by atoms with Crippen LogP contribution in [0.5, 0.6) is 17.4 Å². The van der Waals surface area contributed by atoms with Gasteiger partial charge in [-0.1, -0.05) is 0 Å². The van der Waals surface area contributed by atoms with E-state index in [1.807, 2.05) is 0 Å². The van der Waals surface area contributed by atoms with Crippen LogP contribution >= 0.6 is 0 Å². The van der Waals surface area contributed by atoms with Crippen molar-refractivity contribution in [1.82, 2.24) is 9.88 Å². The number of methoxy groups -OCH3 is 1. The van der Waals surface area contributed by atoms with Gasteiger partial charge in [-0.05, 0) is 31.0 Å². The number of carbonyl (C=O) groups is 1. The summed E-state index contributed by atoms with van der Waals surface area (Å²) in [5.74, 6) is 0.262. The quantitative estimate of drug-likeness (QED) is 0.554. The van der Waals surface area contributed by atoms with Crippen LogP contribution in [0.2, 0.25) is 0 Å². The van der Waals surface area contributed by atoms with E-state index < -0.39 is 27.5 Å². The molecule has 1 unspecified atom stereocenters. The lowest BCUT2D eigenvalue weighted by molar-refractivity contribution is -0.139. The Morgan fingerprint density at radius 2 is 1.89 bits per heavy atom. The molecule has 3 aliphatic heterocycles. The molecule has 0 spiro atoms. The third-order valence-corrected chi connectivity index (χ3v) is 8.82. The molecule has 2 aromatic rings. The number of hydrogen-bond donors (Lipinski definition) is 0. The van der Waals surface area contributed by atoms with Crippen LogP contribution in [0.3, 0.4) is 0 Å². The van der Waals surface area contributed by atoms with Crippen molar-refractivity contribution in [1.29, 1.82) is 0 Å². The standard InChI is InChI=1S/C25H28F3N3O6S/c1-35-23-20(25(26,27)28)12-17(14-29-23)31-8-9-36-22-3-2-18(13-21(22)31)37-19-4-7-30(15-19)24(32)16-5-10-38(33,34)11-6-16/h2-3,12-14,16,19H,4-11,15H2,1H3. The number of rotatable bonds is 5. The number of fused-ring (bicyclic) bond motifs is 1. The van der Waals surface area contributed by atoms with Crippen molar-refractivity contribution in [2.75, 3.05) is 49.8 Å². The van der Waals surface area contributed by atoms with Gasteiger partial charge in [0.1, 0.15) is 39.6 Å². The van der Waals surface area contributed by atoms with Crippen LogP contribution in [0.25, 0.3) is 0 Å². The first-order chi connectivity index (χ1) is 18.0. The molecule has 0 N–H and O–H groups in total. The number of nitrogens with zero attached hydrogens (tertiary/aromatic N) is 3. The van der Waals surface area contributed by atoms with Crippen LogP contribution < -0.4 is 19.1 Å². The van der Waals surface area contributed by atoms with E-state index in [-0.39, 0.29) is 41.7 Å². The average Bonchev–Trinajstić information content (AvgIpc) is 3.35. The summed E-state index contributed by atoms with van der Waals surface area (Å²) in [6.07, 6.45) is -2.26. The fraction of sp³-hybridized carbons (Fsp3) is 0.520. The Morgan fingerprint density at radius 3 is 2.61 bits per heavy atom. The second kappa shape index (κ2) is 10.2. The summed E-state index contributed by atoms with van der Waals surface area (Å²) in [7, 11) is -1.90. The Bertz CT molecular complexity index is 1310. The second-order valence-electron chi connectivity index (χ2n) is 9.62. The SMILES string of the molecule is COc1ncc(N2CCOc3ccc(OC4CCN(C(=O)C5CCS(=O)(=O)CC5)C4)cc32)cc1C(F)(F)F. The van der Waals surface area contributed by atoms with E-state index in [9.17, 15) is 26.4 Å². The van der Waals surface area contributed by atoms with Gasteiger partial charge in [-0.3, -0.25) is 4.79 Å². The molecule has 0 aliphatic carbocycles. The molecule has 13 heteroatoms. The summed E-state index contributed by atoms with van der Waals surface area (Å²) in [6, 6.07) is 6.15. The number of anilines is 2. The zero-order chi connectivity index (χ0) is 27.1. The van der Waals surface area contributed by atoms with Crippen LogP contribution in [0.4, 0.5) is 24.5 Å². The topological polar surface area (TPSA) is 98.3 Å². The molecular weight excluding hydrogens is 527 g/mol. The predicted molar refractivity (Wildman–Crippen MR) is 132 cm³/mol. The predicted octanol–water partition coefficient (Wildman–Crippen LogP) is 3.44. The molecule has 1 atom stereocenters. The van der Waals surface area contributed by atoms with Gasteiger partial charge >= 0.3 is 6.18 Å². The monoisotopic (exact) mass is 555 g/mol. The molecule has 5 rings (SSSR count). The highest BCUT2D eigenvalue weighted by Gasteiger charge is 2.37. The minimum absolute atomic E-state index is 0.0384. The maximum Gasteiger partial charge on any atom is 0.421 e. The fourth-order valence-corrected chi connectivity index (χ4v) is 6.60. The summed E-state index contributed by atoms with van der Waals surface area (Å²) in [6.45, 7) is 1.49. The second-order valence-corrected chi connectivity index (χ2v) is 11.9. The van der Waals surface area contributed by atoms with Gasteiger partial charge in [0.05, 0.1) is 49.3 Å². The first-order valence-electron chi connectivity index (χ1n) is 12.4. The molecule has 1 amide bonds. The number of halogens is 3. The highest BCUT2D eigenvalue weighted by atomic mass is 32.2. The van der Waals surface area contributed by atoms with Gasteiger partial charge in [0.25, 0.3) is 0 Å². The number of benzene rings is 1. The van der Waals surface area contributed by atoms with Crippen LogP contribution in [-0.2, 0) is 20.8 Å². The lowest BCUT2D eigenvalue weighted by Gasteiger charge is -2.32. The van der Waals surface area contributed by atoms with Crippen molar-refractivity contribution in [3.63, 3.8) is 0 Å². The van der Waals surface area contributed by atoms with E-state index in [0.29, 0.717) is 56.1 Å². The number of hydrogen-bond acceptors (Lipinski definition) is 8. The Morgan fingerprint density at radius 1 is 1.13 bits per heavy atom. The molecular formula is C25H28F3N3O6S. The number of sulfone groups is 1. The maximum absolute atomic E-state index is 13.6. The Labute approximate surface area is 218 Å². The summed E-state index contributed by atoms with van der Waals surface area (Å²) < 4.78 is 80.8. The minimum atomic E-state index is -4.63. The van der Waals surface area contributed by atoms with E-state index in [4.69, 9.17) is 14.2 Å². The van der Waals surface area contributed by atoms with Crippen LogP contribution in [0, 0.1) is 5.92 Å². The van der Waals surface area contributed by atoms with Crippen molar-refractivity contribution in [3.8, 4) is 17.4 Å². The Balaban J connectivity index is 1.30.